The quantitative estimate of drug-likeness (QED) is 0.181. The molecule has 0 aromatic rings. The zero-order valence-corrected chi connectivity index (χ0v) is 45.1. The fraction of sp³-hybridized carbons (Fsp3) is 1.00. The number of hydrogen-bond donors (Lipinski definition) is 2. The average Bonchev–Trinajstić information content (AvgIpc) is 3.78. The van der Waals surface area contributed by atoms with Gasteiger partial charge >= 0.3 is 0 Å². The third-order valence-corrected chi connectivity index (χ3v) is 24.5. The predicted octanol–water partition coefficient (Wildman–Crippen LogP) is 16.2. The monoisotopic (exact) mass is 895 g/mol. The Bertz CT molecular complexity index is 1460. The maximum Gasteiger partial charge on any atom is 0.0647 e. The Kier molecular flexibility index (Phi) is 16.5. The van der Waals surface area contributed by atoms with Gasteiger partial charge in [-0.2, -0.15) is 0 Å². The lowest BCUT2D eigenvalue weighted by Crippen LogP contribution is -2.58. The van der Waals surface area contributed by atoms with Gasteiger partial charge in [-0.15, -0.1) is 0 Å². The number of aliphatic hydroxyl groups excluding tert-OH is 2. The maximum atomic E-state index is 11.4. The molecule has 0 aliphatic heterocycles. The maximum absolute atomic E-state index is 11.4. The van der Waals surface area contributed by atoms with Crippen molar-refractivity contribution in [3.8, 4) is 0 Å². The van der Waals surface area contributed by atoms with Crippen LogP contribution in [0.3, 0.4) is 0 Å². The normalized spacial score (nSPS) is 48.7. The van der Waals surface area contributed by atoms with Crippen molar-refractivity contribution < 1.29 is 14.7 Å². The Morgan fingerprint density at radius 1 is 0.524 bits per heavy atom. The first-order chi connectivity index (χ1) is 29.8. The minimum Gasteiger partial charge on any atom is -0.393 e. The van der Waals surface area contributed by atoms with Crippen LogP contribution in [0.25, 0.3) is 0 Å². The zero-order valence-electron chi connectivity index (χ0n) is 44.0. The van der Waals surface area contributed by atoms with Gasteiger partial charge in [-0.25, -0.2) is 0 Å². The van der Waals surface area contributed by atoms with Gasteiger partial charge in [-0.3, -0.25) is 0 Å². The molecule has 8 aliphatic carbocycles. The van der Waals surface area contributed by atoms with Crippen LogP contribution in [0.4, 0.5) is 0 Å². The van der Waals surface area contributed by atoms with Crippen LogP contribution in [0.15, 0.2) is 0 Å². The molecule has 2 N–H and O–H groups in total. The van der Waals surface area contributed by atoms with Crippen molar-refractivity contribution in [1.82, 2.24) is 0 Å². The number of rotatable bonds is 13. The minimum atomic E-state index is -0.141. The molecular formula is C59H107O3P. The van der Waals surface area contributed by atoms with Gasteiger partial charge in [-0.1, -0.05) is 122 Å². The van der Waals surface area contributed by atoms with Crippen molar-refractivity contribution in [2.24, 2.45) is 122 Å². The lowest BCUT2D eigenvalue weighted by atomic mass is 9.43. The van der Waals surface area contributed by atoms with Crippen molar-refractivity contribution in [2.75, 3.05) is 0 Å². The molecule has 8 fully saturated rings. The lowest BCUT2D eigenvalue weighted by molar-refractivity contribution is -0.174. The number of fused-ring (bicyclic) bond motifs is 10. The van der Waals surface area contributed by atoms with E-state index >= 15 is 0 Å². The van der Waals surface area contributed by atoms with Crippen molar-refractivity contribution in [3.05, 3.63) is 0 Å². The Morgan fingerprint density at radius 3 is 1.46 bits per heavy atom. The van der Waals surface area contributed by atoms with Gasteiger partial charge in [0, 0.05) is 9.47 Å². The summed E-state index contributed by atoms with van der Waals surface area (Å²) >= 11 is 0. The van der Waals surface area contributed by atoms with Gasteiger partial charge in [0.05, 0.1) is 18.3 Å². The summed E-state index contributed by atoms with van der Waals surface area (Å²) in [6.07, 6.45) is 29.5. The highest BCUT2D eigenvalue weighted by atomic mass is 31.0. The summed E-state index contributed by atoms with van der Waals surface area (Å²) in [5.74, 6) is 13.7. The molecule has 0 aromatic carbocycles. The molecule has 7 unspecified atom stereocenters. The molecule has 0 bridgehead atoms. The van der Waals surface area contributed by atoms with Gasteiger partial charge in [0.2, 0.25) is 0 Å². The standard InChI is InChI=1S/C30H55OP.C29H52O2/c1-8-22(19(2)3)10-9-21(5)24-11-12-25-28-26(14-16-30(24,25)7)29(6)15-13-20(4)17-23(29)18-27(28)31-32;1-7-20(18(2)3)9-8-19(4)23-10-11-24-27-25(13-15-29(23,24)6)28(5)14-12-22(30)16-21(28)17-26(27)31/h19-28H,8-18,32H2,1-7H3;18-27,30-31H,7-17H2,1-6H3/t20-,21-,22-,23+,24-,25?,26?,27?,28+,29+,30-;19-,20-,21+,22-,23-,24?,25?,26?,27+,28+,29-/m11/s1. The van der Waals surface area contributed by atoms with E-state index in [-0.39, 0.29) is 12.2 Å². The van der Waals surface area contributed by atoms with Gasteiger partial charge < -0.3 is 14.7 Å². The third-order valence-electron chi connectivity index (χ3n) is 24.2. The smallest absolute Gasteiger partial charge is 0.0647 e. The molecule has 63 heavy (non-hydrogen) atoms. The summed E-state index contributed by atoms with van der Waals surface area (Å²) in [7, 11) is 2.71. The summed E-state index contributed by atoms with van der Waals surface area (Å²) in [5, 5.41) is 21.7. The van der Waals surface area contributed by atoms with E-state index in [0.29, 0.717) is 51.4 Å². The van der Waals surface area contributed by atoms with Crippen LogP contribution >= 0.6 is 9.47 Å². The molecule has 23 atom stereocenters. The van der Waals surface area contributed by atoms with E-state index < -0.39 is 0 Å². The molecule has 0 amide bonds. The molecule has 0 spiro atoms. The highest BCUT2D eigenvalue weighted by molar-refractivity contribution is 7.09. The SMILES string of the molecule is CC[C@H](CC[C@@H](C)[C@H]1CCC2[C@@H]3C(O)C[C@@H]4C[C@H](O)CC[C@]4(C)C3CC[C@@]21C)C(C)C.CC[C@H](CC[C@@H](C)[C@H]1CCC2[C@@H]3C(OP)C[C@@H]4C[C@H](C)CC[C@]4(C)C3CC[C@@]21C)C(C)C. The van der Waals surface area contributed by atoms with Crippen LogP contribution in [-0.4, -0.2) is 28.5 Å². The second-order valence-electron chi connectivity index (χ2n) is 27.4. The Labute approximate surface area is 394 Å². The van der Waals surface area contributed by atoms with E-state index in [9.17, 15) is 10.2 Å². The van der Waals surface area contributed by atoms with Crippen molar-refractivity contribution in [2.45, 2.75) is 250 Å². The summed E-state index contributed by atoms with van der Waals surface area (Å²) < 4.78 is 6.28. The first kappa shape index (κ1) is 51.2. The van der Waals surface area contributed by atoms with Gasteiger partial charge in [0.15, 0.2) is 0 Å². The molecule has 366 valence electrons. The Hall–Kier alpha value is 0.310. The minimum absolute atomic E-state index is 0.134. The van der Waals surface area contributed by atoms with Crippen LogP contribution in [0, 0.1) is 122 Å². The number of hydrogen-bond acceptors (Lipinski definition) is 3. The molecule has 0 saturated heterocycles. The van der Waals surface area contributed by atoms with Crippen LogP contribution in [0.5, 0.6) is 0 Å². The van der Waals surface area contributed by atoms with Crippen LogP contribution in [-0.2, 0) is 4.52 Å². The van der Waals surface area contributed by atoms with E-state index in [4.69, 9.17) is 4.52 Å². The Morgan fingerprint density at radius 2 is 0.968 bits per heavy atom. The van der Waals surface area contributed by atoms with E-state index in [0.717, 1.165) is 96.2 Å². The fourth-order valence-corrected chi connectivity index (χ4v) is 20.4. The van der Waals surface area contributed by atoms with Crippen LogP contribution in [0.1, 0.15) is 231 Å². The van der Waals surface area contributed by atoms with Crippen molar-refractivity contribution in [1.29, 1.82) is 0 Å². The van der Waals surface area contributed by atoms with Crippen molar-refractivity contribution >= 4 is 9.47 Å². The van der Waals surface area contributed by atoms with E-state index in [1.165, 1.54) is 122 Å². The zero-order chi connectivity index (χ0) is 45.8. The van der Waals surface area contributed by atoms with Gasteiger partial charge in [-0.05, 0) is 231 Å². The van der Waals surface area contributed by atoms with Crippen LogP contribution < -0.4 is 0 Å². The molecule has 0 heterocycles. The Balaban J connectivity index is 0.000000189. The topological polar surface area (TPSA) is 49.7 Å². The average molecular weight is 895 g/mol. The van der Waals surface area contributed by atoms with E-state index in [1.54, 1.807) is 0 Å². The second kappa shape index (κ2) is 20.3. The highest BCUT2D eigenvalue weighted by Crippen LogP contribution is 2.71. The fourth-order valence-electron chi connectivity index (χ4n) is 20.1. The third kappa shape index (κ3) is 9.52. The van der Waals surface area contributed by atoms with E-state index in [1.807, 2.05) is 0 Å². The van der Waals surface area contributed by atoms with Gasteiger partial charge in [0.25, 0.3) is 0 Å². The first-order valence-corrected chi connectivity index (χ1v) is 29.0. The lowest BCUT2D eigenvalue weighted by Gasteiger charge is -2.63. The molecule has 8 rings (SSSR count). The van der Waals surface area contributed by atoms with Crippen LogP contribution in [0.2, 0.25) is 0 Å². The summed E-state index contributed by atoms with van der Waals surface area (Å²) in [6, 6.07) is 0. The largest absolute Gasteiger partial charge is 0.393 e. The molecule has 0 radical (unpaired) electrons. The summed E-state index contributed by atoms with van der Waals surface area (Å²) in [6.45, 7) is 32.6. The summed E-state index contributed by atoms with van der Waals surface area (Å²) in [4.78, 5) is 0. The molecule has 8 saturated carbocycles. The highest BCUT2D eigenvalue weighted by Gasteiger charge is 2.65. The first-order valence-electron chi connectivity index (χ1n) is 28.5. The molecule has 8 aliphatic rings. The van der Waals surface area contributed by atoms with E-state index in [2.05, 4.69) is 99.5 Å². The molecular weight excluding hydrogens is 788 g/mol. The molecule has 3 nitrogen and oxygen atoms in total. The number of aliphatic hydroxyl groups is 2. The molecule has 4 heteroatoms. The molecule has 0 aromatic heterocycles. The second-order valence-corrected chi connectivity index (χ2v) is 27.7. The van der Waals surface area contributed by atoms with Gasteiger partial charge in [0.1, 0.15) is 0 Å². The van der Waals surface area contributed by atoms with Crippen molar-refractivity contribution in [3.63, 3.8) is 0 Å². The predicted molar refractivity (Wildman–Crippen MR) is 271 cm³/mol. The summed E-state index contributed by atoms with van der Waals surface area (Å²) in [5.41, 5.74) is 1.90.